The van der Waals surface area contributed by atoms with E-state index < -0.39 is 12.1 Å². The third-order valence-corrected chi connectivity index (χ3v) is 8.00. The van der Waals surface area contributed by atoms with Crippen molar-refractivity contribution in [3.63, 3.8) is 0 Å². The van der Waals surface area contributed by atoms with E-state index in [0.717, 1.165) is 22.5 Å². The van der Waals surface area contributed by atoms with Crippen molar-refractivity contribution in [1.29, 1.82) is 0 Å². The number of hydrogen-bond donors (Lipinski definition) is 1. The summed E-state index contributed by atoms with van der Waals surface area (Å²) in [5.74, 6) is -0.197. The summed E-state index contributed by atoms with van der Waals surface area (Å²) in [7, 11) is 0. The van der Waals surface area contributed by atoms with Crippen LogP contribution >= 0.6 is 0 Å². The number of hydrogen-bond acceptors (Lipinski definition) is 4. The highest BCUT2D eigenvalue weighted by Gasteiger charge is 2.39. The highest BCUT2D eigenvalue weighted by atomic mass is 16.2. The minimum atomic E-state index is -0.641. The van der Waals surface area contributed by atoms with Crippen LogP contribution in [-0.2, 0) is 40.9 Å². The molecule has 2 aliphatic rings. The zero-order chi connectivity index (χ0) is 28.4. The van der Waals surface area contributed by atoms with Crippen LogP contribution in [0.5, 0.6) is 0 Å². The predicted octanol–water partition coefficient (Wildman–Crippen LogP) is 2.95. The lowest BCUT2D eigenvalue weighted by Crippen LogP contribution is -2.59. The zero-order valence-electron chi connectivity index (χ0n) is 23.5. The molecule has 40 heavy (non-hydrogen) atoms. The summed E-state index contributed by atoms with van der Waals surface area (Å²) >= 11 is 0. The molecular formula is C31H38N6O3. The lowest BCUT2D eigenvalue weighted by Gasteiger charge is -2.40. The second-order valence-electron chi connectivity index (χ2n) is 11.8. The van der Waals surface area contributed by atoms with E-state index in [9.17, 15) is 14.4 Å². The summed E-state index contributed by atoms with van der Waals surface area (Å²) in [5, 5.41) is 0. The molecule has 1 unspecified atom stereocenters. The number of carbonyl (C=O) groups excluding carboxylic acids is 3. The summed E-state index contributed by atoms with van der Waals surface area (Å²) in [4.78, 5) is 48.7. The second-order valence-corrected chi connectivity index (χ2v) is 11.8. The molecule has 2 N–H and O–H groups in total. The number of nitrogens with zero attached hydrogens (tertiary/aromatic N) is 5. The third-order valence-electron chi connectivity index (χ3n) is 8.00. The molecule has 0 bridgehead atoms. The predicted molar refractivity (Wildman–Crippen MR) is 152 cm³/mol. The fourth-order valence-electron chi connectivity index (χ4n) is 5.52. The van der Waals surface area contributed by atoms with Crippen molar-refractivity contribution in [1.82, 2.24) is 24.3 Å². The van der Waals surface area contributed by atoms with Crippen molar-refractivity contribution >= 4 is 17.8 Å². The molecule has 3 heterocycles. The van der Waals surface area contributed by atoms with Crippen molar-refractivity contribution in [3.8, 4) is 0 Å². The smallest absolute Gasteiger partial charge is 0.314 e. The summed E-state index contributed by atoms with van der Waals surface area (Å²) < 4.78 is 2.09. The standard InChI is InChI=1S/C31H38N6O3/c1-31(2,3)24-11-9-23(10-12-24)19-36-21-33-25-18-26(29(39)34-13-15-35(16-14-34)30(32)40)37(20-27(25)36)28(38)17-22-7-5-4-6-8-22/h4-12,21,26H,13-20H2,1-3H3,(H2,32,40). The average molecular weight is 543 g/mol. The quantitative estimate of drug-likeness (QED) is 0.535. The number of rotatable bonds is 5. The van der Waals surface area contributed by atoms with Gasteiger partial charge in [-0.1, -0.05) is 75.4 Å². The van der Waals surface area contributed by atoms with Crippen LogP contribution in [0.2, 0.25) is 0 Å². The number of amides is 4. The molecular weight excluding hydrogens is 504 g/mol. The largest absolute Gasteiger partial charge is 0.351 e. The first-order chi connectivity index (χ1) is 19.1. The minimum absolute atomic E-state index is 0.0837. The lowest BCUT2D eigenvalue weighted by molar-refractivity contribution is -0.147. The van der Waals surface area contributed by atoms with E-state index >= 15 is 0 Å². The van der Waals surface area contributed by atoms with Gasteiger partial charge in [-0.05, 0) is 22.1 Å². The van der Waals surface area contributed by atoms with E-state index in [2.05, 4.69) is 54.6 Å². The summed E-state index contributed by atoms with van der Waals surface area (Å²) in [6.07, 6.45) is 2.40. The zero-order valence-corrected chi connectivity index (χ0v) is 23.5. The Hall–Kier alpha value is -4.14. The molecule has 5 rings (SSSR count). The van der Waals surface area contributed by atoms with Crippen molar-refractivity contribution in [2.24, 2.45) is 5.73 Å². The van der Waals surface area contributed by atoms with Gasteiger partial charge in [0.25, 0.3) is 0 Å². The first-order valence-corrected chi connectivity index (χ1v) is 13.9. The Morgan fingerprint density at radius 2 is 1.55 bits per heavy atom. The highest BCUT2D eigenvalue weighted by Crippen LogP contribution is 2.27. The monoisotopic (exact) mass is 542 g/mol. The van der Waals surface area contributed by atoms with Crippen molar-refractivity contribution in [2.75, 3.05) is 26.2 Å². The van der Waals surface area contributed by atoms with Crippen LogP contribution in [0.15, 0.2) is 60.9 Å². The Morgan fingerprint density at radius 1 is 0.900 bits per heavy atom. The van der Waals surface area contributed by atoms with E-state index in [1.807, 2.05) is 36.7 Å². The topological polar surface area (TPSA) is 105 Å². The molecule has 0 radical (unpaired) electrons. The Bertz CT molecular complexity index is 1370. The van der Waals surface area contributed by atoms with Crippen molar-refractivity contribution in [3.05, 3.63) is 89.0 Å². The molecule has 9 nitrogen and oxygen atoms in total. The van der Waals surface area contributed by atoms with Crippen LogP contribution in [0.25, 0.3) is 0 Å². The number of imidazole rings is 1. The van der Waals surface area contributed by atoms with E-state index in [1.165, 1.54) is 10.5 Å². The number of carbonyl (C=O) groups is 3. The second kappa shape index (κ2) is 11.2. The average Bonchev–Trinajstić information content (AvgIpc) is 3.33. The van der Waals surface area contributed by atoms with Crippen LogP contribution in [0.3, 0.4) is 0 Å². The Kier molecular flexibility index (Phi) is 7.65. The van der Waals surface area contributed by atoms with Gasteiger partial charge in [-0.2, -0.15) is 0 Å². The molecule has 0 aliphatic carbocycles. The first kappa shape index (κ1) is 27.4. The van der Waals surface area contributed by atoms with E-state index in [0.29, 0.717) is 45.7 Å². The number of nitrogens with two attached hydrogens (primary N) is 1. The van der Waals surface area contributed by atoms with Gasteiger partial charge in [0, 0.05) is 39.1 Å². The number of urea groups is 1. The van der Waals surface area contributed by atoms with Crippen molar-refractivity contribution < 1.29 is 14.4 Å². The van der Waals surface area contributed by atoms with Crippen LogP contribution < -0.4 is 5.73 Å². The van der Waals surface area contributed by atoms with Gasteiger partial charge in [-0.15, -0.1) is 0 Å². The third kappa shape index (κ3) is 5.88. The number of fused-ring (bicyclic) bond motifs is 1. The molecule has 1 fully saturated rings. The van der Waals surface area contributed by atoms with Crippen LogP contribution in [0.1, 0.15) is 48.8 Å². The van der Waals surface area contributed by atoms with E-state index in [-0.39, 0.29) is 23.7 Å². The molecule has 210 valence electrons. The molecule has 1 saturated heterocycles. The molecule has 2 aliphatic heterocycles. The fourth-order valence-corrected chi connectivity index (χ4v) is 5.52. The molecule has 3 aromatic rings. The Balaban J connectivity index is 1.38. The molecule has 1 atom stereocenters. The van der Waals surface area contributed by atoms with E-state index in [4.69, 9.17) is 5.73 Å². The maximum Gasteiger partial charge on any atom is 0.314 e. The van der Waals surface area contributed by atoms with Gasteiger partial charge in [-0.25, -0.2) is 9.78 Å². The normalized spacial score (nSPS) is 17.5. The maximum absolute atomic E-state index is 13.8. The number of aromatic nitrogens is 2. The molecule has 9 heteroatoms. The van der Waals surface area contributed by atoms with Gasteiger partial charge in [0.2, 0.25) is 11.8 Å². The van der Waals surface area contributed by atoms with Crippen LogP contribution in [0, 0.1) is 0 Å². The minimum Gasteiger partial charge on any atom is -0.351 e. The lowest BCUT2D eigenvalue weighted by atomic mass is 9.87. The highest BCUT2D eigenvalue weighted by molar-refractivity contribution is 5.89. The summed E-state index contributed by atoms with van der Waals surface area (Å²) in [6.45, 7) is 9.12. The molecule has 1 aromatic heterocycles. The summed E-state index contributed by atoms with van der Waals surface area (Å²) in [5.41, 5.74) is 10.7. The first-order valence-electron chi connectivity index (χ1n) is 13.9. The maximum atomic E-state index is 13.8. The number of benzene rings is 2. The molecule has 0 saturated carbocycles. The van der Waals surface area contributed by atoms with Gasteiger partial charge in [0.05, 0.1) is 30.7 Å². The van der Waals surface area contributed by atoms with Gasteiger partial charge < -0.3 is 25.0 Å². The van der Waals surface area contributed by atoms with Crippen LogP contribution in [0.4, 0.5) is 4.79 Å². The Labute approximate surface area is 235 Å². The van der Waals surface area contributed by atoms with Gasteiger partial charge in [0.15, 0.2) is 0 Å². The molecule has 0 spiro atoms. The van der Waals surface area contributed by atoms with E-state index in [1.54, 1.807) is 9.80 Å². The van der Waals surface area contributed by atoms with Gasteiger partial charge >= 0.3 is 6.03 Å². The molecule has 2 aromatic carbocycles. The number of piperazine rings is 1. The van der Waals surface area contributed by atoms with Gasteiger partial charge in [-0.3, -0.25) is 9.59 Å². The summed E-state index contributed by atoms with van der Waals surface area (Å²) in [6, 6.07) is 17.1. The van der Waals surface area contributed by atoms with Gasteiger partial charge in [0.1, 0.15) is 6.04 Å². The SMILES string of the molecule is CC(C)(C)c1ccc(Cn2cnc3c2CN(C(=O)Cc2ccccc2)C(C(=O)N2CCN(C(N)=O)CC2)C3)cc1. The number of primary amides is 1. The fraction of sp³-hybridized carbons (Fsp3) is 0.419. The van der Waals surface area contributed by atoms with Crippen molar-refractivity contribution in [2.45, 2.75) is 58.2 Å². The Morgan fingerprint density at radius 3 is 2.17 bits per heavy atom. The molecule has 4 amide bonds. The van der Waals surface area contributed by atoms with Crippen LogP contribution in [-0.4, -0.2) is 74.3 Å².